The highest BCUT2D eigenvalue weighted by molar-refractivity contribution is 6.39. The maximum absolute atomic E-state index is 13.3. The lowest BCUT2D eigenvalue weighted by Crippen LogP contribution is -2.47. The third-order valence-corrected chi connectivity index (χ3v) is 5.05. The number of halogens is 1. The number of ether oxygens (including phenoxy) is 1. The van der Waals surface area contributed by atoms with Gasteiger partial charge < -0.3 is 15.4 Å². The second-order valence-electron chi connectivity index (χ2n) is 6.81. The summed E-state index contributed by atoms with van der Waals surface area (Å²) in [6, 6.07) is 11.6. The van der Waals surface area contributed by atoms with Crippen LogP contribution in [0.1, 0.15) is 18.4 Å². The molecule has 2 amide bonds. The summed E-state index contributed by atoms with van der Waals surface area (Å²) in [4.78, 5) is 34.9. The van der Waals surface area contributed by atoms with Gasteiger partial charge in [0.2, 0.25) is 0 Å². The van der Waals surface area contributed by atoms with Gasteiger partial charge in [-0.25, -0.2) is 4.39 Å². The number of hydrogen-bond acceptors (Lipinski definition) is 5. The van der Waals surface area contributed by atoms with Crippen LogP contribution in [0.4, 0.5) is 15.8 Å². The SMILES string of the molecule is O=C(NCC1(c2ccc(F)cc2)CCOCC1)C(=O)Nc1ccccc1[N+](=O)[O-]. The van der Waals surface area contributed by atoms with Crippen molar-refractivity contribution in [3.05, 3.63) is 70.0 Å². The molecule has 0 aromatic heterocycles. The van der Waals surface area contributed by atoms with Crippen LogP contribution in [-0.2, 0) is 19.7 Å². The lowest BCUT2D eigenvalue weighted by atomic mass is 9.74. The van der Waals surface area contributed by atoms with Crippen molar-refractivity contribution in [2.45, 2.75) is 18.3 Å². The largest absolute Gasteiger partial charge is 0.381 e. The molecular formula is C20H20FN3O5. The Labute approximate surface area is 166 Å². The second-order valence-corrected chi connectivity index (χ2v) is 6.81. The fourth-order valence-electron chi connectivity index (χ4n) is 3.38. The lowest BCUT2D eigenvalue weighted by molar-refractivity contribution is -0.383. The Hall–Kier alpha value is -3.33. The number of nitrogens with one attached hydrogen (secondary N) is 2. The van der Waals surface area contributed by atoms with E-state index in [2.05, 4.69) is 10.6 Å². The van der Waals surface area contributed by atoms with Gasteiger partial charge in [-0.1, -0.05) is 24.3 Å². The van der Waals surface area contributed by atoms with E-state index in [9.17, 15) is 24.1 Å². The number of hydrogen-bond donors (Lipinski definition) is 2. The molecule has 0 radical (unpaired) electrons. The molecule has 2 aromatic carbocycles. The molecule has 3 rings (SSSR count). The van der Waals surface area contributed by atoms with E-state index in [0.717, 1.165) is 5.56 Å². The van der Waals surface area contributed by atoms with Crippen molar-refractivity contribution in [3.8, 4) is 0 Å². The zero-order valence-electron chi connectivity index (χ0n) is 15.5. The van der Waals surface area contributed by atoms with Crippen LogP contribution in [0.25, 0.3) is 0 Å². The van der Waals surface area contributed by atoms with Crippen molar-refractivity contribution in [2.75, 3.05) is 25.1 Å². The van der Waals surface area contributed by atoms with Gasteiger partial charge in [-0.3, -0.25) is 19.7 Å². The van der Waals surface area contributed by atoms with Gasteiger partial charge in [0, 0.05) is 31.2 Å². The van der Waals surface area contributed by atoms with E-state index in [1.165, 1.54) is 36.4 Å². The maximum atomic E-state index is 13.3. The molecule has 1 aliphatic heterocycles. The predicted octanol–water partition coefficient (Wildman–Crippen LogP) is 2.54. The molecular weight excluding hydrogens is 381 g/mol. The van der Waals surface area contributed by atoms with Gasteiger partial charge in [-0.05, 0) is 36.6 Å². The topological polar surface area (TPSA) is 111 Å². The number of benzene rings is 2. The Bertz CT molecular complexity index is 911. The molecule has 0 spiro atoms. The number of amides is 2. The summed E-state index contributed by atoms with van der Waals surface area (Å²) in [5.74, 6) is -2.26. The first kappa shape index (κ1) is 20.4. The van der Waals surface area contributed by atoms with Crippen LogP contribution < -0.4 is 10.6 Å². The summed E-state index contributed by atoms with van der Waals surface area (Å²) < 4.78 is 18.7. The fraction of sp³-hybridized carbons (Fsp3) is 0.300. The van der Waals surface area contributed by atoms with Crippen molar-refractivity contribution in [1.82, 2.24) is 5.32 Å². The molecule has 1 fully saturated rings. The van der Waals surface area contributed by atoms with Gasteiger partial charge in [0.1, 0.15) is 11.5 Å². The maximum Gasteiger partial charge on any atom is 0.313 e. The van der Waals surface area contributed by atoms with Crippen LogP contribution in [0.3, 0.4) is 0 Å². The minimum absolute atomic E-state index is 0.0584. The molecule has 1 aliphatic rings. The van der Waals surface area contributed by atoms with Gasteiger partial charge in [0.05, 0.1) is 4.92 Å². The molecule has 2 aromatic rings. The predicted molar refractivity (Wildman–Crippen MR) is 103 cm³/mol. The van der Waals surface area contributed by atoms with E-state index in [4.69, 9.17) is 4.74 Å². The van der Waals surface area contributed by atoms with E-state index in [1.807, 2.05) is 0 Å². The smallest absolute Gasteiger partial charge is 0.313 e. The van der Waals surface area contributed by atoms with Crippen LogP contribution in [0.2, 0.25) is 0 Å². The highest BCUT2D eigenvalue weighted by Gasteiger charge is 2.35. The molecule has 1 heterocycles. The molecule has 2 N–H and O–H groups in total. The van der Waals surface area contributed by atoms with Crippen LogP contribution >= 0.6 is 0 Å². The van der Waals surface area contributed by atoms with Crippen molar-refractivity contribution in [1.29, 1.82) is 0 Å². The summed E-state index contributed by atoms with van der Waals surface area (Å²) in [6.45, 7) is 1.12. The monoisotopic (exact) mass is 401 g/mol. The first-order chi connectivity index (χ1) is 13.9. The van der Waals surface area contributed by atoms with E-state index in [1.54, 1.807) is 12.1 Å². The average Bonchev–Trinajstić information content (AvgIpc) is 2.73. The first-order valence-corrected chi connectivity index (χ1v) is 9.08. The second kappa shape index (κ2) is 8.78. The molecule has 0 bridgehead atoms. The van der Waals surface area contributed by atoms with Gasteiger partial charge in [0.25, 0.3) is 5.69 Å². The Morgan fingerprint density at radius 2 is 1.72 bits per heavy atom. The quantitative estimate of drug-likeness (QED) is 0.454. The third-order valence-electron chi connectivity index (χ3n) is 5.05. The number of rotatable bonds is 5. The van der Waals surface area contributed by atoms with Gasteiger partial charge >= 0.3 is 11.8 Å². The highest BCUT2D eigenvalue weighted by Crippen LogP contribution is 2.34. The van der Waals surface area contributed by atoms with E-state index < -0.39 is 22.2 Å². The van der Waals surface area contributed by atoms with Crippen molar-refractivity contribution in [2.24, 2.45) is 0 Å². The first-order valence-electron chi connectivity index (χ1n) is 9.08. The molecule has 29 heavy (non-hydrogen) atoms. The summed E-state index contributed by atoms with van der Waals surface area (Å²) in [7, 11) is 0. The van der Waals surface area contributed by atoms with Gasteiger partial charge in [-0.15, -0.1) is 0 Å². The molecule has 152 valence electrons. The minimum atomic E-state index is -0.999. The van der Waals surface area contributed by atoms with Crippen molar-refractivity contribution >= 4 is 23.2 Å². The average molecular weight is 401 g/mol. The number of nitrogens with zero attached hydrogens (tertiary/aromatic N) is 1. The van der Waals surface area contributed by atoms with Gasteiger partial charge in [0.15, 0.2) is 0 Å². The molecule has 1 saturated heterocycles. The fourth-order valence-corrected chi connectivity index (χ4v) is 3.38. The summed E-state index contributed by atoms with van der Waals surface area (Å²) in [5, 5.41) is 15.9. The Kier molecular flexibility index (Phi) is 6.18. The van der Waals surface area contributed by atoms with Crippen LogP contribution in [0.5, 0.6) is 0 Å². The number of carbonyl (C=O) groups is 2. The van der Waals surface area contributed by atoms with Crippen LogP contribution in [0, 0.1) is 15.9 Å². The normalized spacial score (nSPS) is 15.3. The number of anilines is 1. The molecule has 0 aliphatic carbocycles. The summed E-state index contributed by atoms with van der Waals surface area (Å²) >= 11 is 0. The Morgan fingerprint density at radius 3 is 2.38 bits per heavy atom. The molecule has 9 heteroatoms. The van der Waals surface area contributed by atoms with Crippen LogP contribution in [0.15, 0.2) is 48.5 Å². The summed E-state index contributed by atoms with van der Waals surface area (Å²) in [5.41, 5.74) is 0.000102. The molecule has 8 nitrogen and oxygen atoms in total. The summed E-state index contributed by atoms with van der Waals surface area (Å²) in [6.07, 6.45) is 1.20. The molecule has 0 unspecified atom stereocenters. The highest BCUT2D eigenvalue weighted by atomic mass is 19.1. The van der Waals surface area contributed by atoms with Gasteiger partial charge in [-0.2, -0.15) is 0 Å². The zero-order valence-corrected chi connectivity index (χ0v) is 15.5. The number of nitro benzene ring substituents is 1. The Morgan fingerprint density at radius 1 is 1.07 bits per heavy atom. The standard InChI is InChI=1S/C20H20FN3O5/c21-15-7-5-14(6-8-15)20(9-11-29-12-10-20)13-22-18(25)19(26)23-16-3-1-2-4-17(16)24(27)28/h1-8H,9-13H2,(H,22,25)(H,23,26). The third kappa shape index (κ3) is 4.75. The lowest BCUT2D eigenvalue weighted by Gasteiger charge is -2.37. The van der Waals surface area contributed by atoms with E-state index in [0.29, 0.717) is 26.1 Å². The van der Waals surface area contributed by atoms with Crippen LogP contribution in [-0.4, -0.2) is 36.5 Å². The van der Waals surface area contributed by atoms with Crippen molar-refractivity contribution in [3.63, 3.8) is 0 Å². The number of para-hydroxylation sites is 2. The number of nitro groups is 1. The molecule has 0 saturated carbocycles. The Balaban J connectivity index is 1.69. The van der Waals surface area contributed by atoms with Crippen molar-refractivity contribution < 1.29 is 23.6 Å². The zero-order chi connectivity index (χ0) is 20.9. The van der Waals surface area contributed by atoms with E-state index in [-0.39, 0.29) is 23.7 Å². The minimum Gasteiger partial charge on any atom is -0.381 e. The molecule has 0 atom stereocenters. The van der Waals surface area contributed by atoms with E-state index >= 15 is 0 Å². The number of carbonyl (C=O) groups excluding carboxylic acids is 2.